The second kappa shape index (κ2) is 45.2. The summed E-state index contributed by atoms with van der Waals surface area (Å²) in [6, 6.07) is 0. The molecule has 0 aromatic heterocycles. The summed E-state index contributed by atoms with van der Waals surface area (Å²) in [6.45, 7) is 4.30. The number of esters is 2. The van der Waals surface area contributed by atoms with Crippen LogP contribution in [0, 0.1) is 0 Å². The van der Waals surface area contributed by atoms with E-state index in [4.69, 9.17) is 18.5 Å². The lowest BCUT2D eigenvalue weighted by Gasteiger charge is -2.28. The van der Waals surface area contributed by atoms with E-state index in [1.54, 1.807) is 0 Å². The van der Waals surface area contributed by atoms with Gasteiger partial charge in [0.15, 0.2) is 6.10 Å². The third-order valence-corrected chi connectivity index (χ3v) is 13.1. The summed E-state index contributed by atoms with van der Waals surface area (Å²) in [5.41, 5.74) is 0. The lowest BCUT2D eigenvalue weighted by atomic mass is 10.0. The van der Waals surface area contributed by atoms with Crippen molar-refractivity contribution in [3.8, 4) is 0 Å². The van der Waals surface area contributed by atoms with E-state index in [9.17, 15) is 19.0 Å². The molecule has 1 unspecified atom stereocenters. The number of rotatable bonds is 50. The lowest BCUT2D eigenvalue weighted by Crippen LogP contribution is -2.37. The zero-order valence-corrected chi connectivity index (χ0v) is 42.7. The van der Waals surface area contributed by atoms with Crippen molar-refractivity contribution >= 4 is 19.8 Å². The molecule has 10 heteroatoms. The highest BCUT2D eigenvalue weighted by Crippen LogP contribution is 2.38. The number of ether oxygens (including phenoxy) is 2. The van der Waals surface area contributed by atoms with Crippen LogP contribution in [0.2, 0.25) is 0 Å². The molecule has 0 aliphatic heterocycles. The van der Waals surface area contributed by atoms with Crippen LogP contribution in [0.15, 0.2) is 0 Å². The van der Waals surface area contributed by atoms with Crippen molar-refractivity contribution in [3.05, 3.63) is 0 Å². The van der Waals surface area contributed by atoms with Gasteiger partial charge in [-0.3, -0.25) is 14.2 Å². The Bertz CT molecular complexity index is 1020. The van der Waals surface area contributed by atoms with Crippen LogP contribution in [0.25, 0.3) is 0 Å². The van der Waals surface area contributed by atoms with Crippen LogP contribution in [-0.4, -0.2) is 70.0 Å². The van der Waals surface area contributed by atoms with Gasteiger partial charge in [0.25, 0.3) is 7.82 Å². The van der Waals surface area contributed by atoms with Crippen molar-refractivity contribution in [2.24, 2.45) is 0 Å². The second-order valence-electron chi connectivity index (χ2n) is 19.6. The molecule has 0 aliphatic carbocycles. The summed E-state index contributed by atoms with van der Waals surface area (Å²) in [6.07, 6.45) is 48.4. The van der Waals surface area contributed by atoms with Crippen molar-refractivity contribution in [3.63, 3.8) is 0 Å². The van der Waals surface area contributed by atoms with Crippen molar-refractivity contribution in [2.75, 3.05) is 47.5 Å². The topological polar surface area (TPSA) is 111 Å². The molecule has 0 aliphatic rings. The highest BCUT2D eigenvalue weighted by Gasteiger charge is 2.21. The largest absolute Gasteiger partial charge is 0.756 e. The monoisotopic (exact) mass is 902 g/mol. The van der Waals surface area contributed by atoms with E-state index in [-0.39, 0.29) is 32.0 Å². The third kappa shape index (κ3) is 48.5. The van der Waals surface area contributed by atoms with Gasteiger partial charge in [0.1, 0.15) is 19.8 Å². The molecule has 0 heterocycles. The number of likely N-dealkylation sites (N-methyl/N-ethyl adjacent to an activating group) is 1. The van der Waals surface area contributed by atoms with E-state index in [0.29, 0.717) is 17.4 Å². The summed E-state index contributed by atoms with van der Waals surface area (Å²) in [4.78, 5) is 37.7. The predicted molar refractivity (Wildman–Crippen MR) is 259 cm³/mol. The summed E-state index contributed by atoms with van der Waals surface area (Å²) in [5.74, 6) is -0.812. The van der Waals surface area contributed by atoms with Crippen molar-refractivity contribution in [2.45, 2.75) is 277 Å². The Morgan fingerprint density at radius 2 is 0.726 bits per heavy atom. The Labute approximate surface area is 384 Å². The molecule has 0 saturated heterocycles. The van der Waals surface area contributed by atoms with Crippen LogP contribution in [0.1, 0.15) is 271 Å². The molecular weight excluding hydrogens is 798 g/mol. The van der Waals surface area contributed by atoms with Crippen molar-refractivity contribution in [1.29, 1.82) is 0 Å². The fourth-order valence-corrected chi connectivity index (χ4v) is 8.68. The van der Waals surface area contributed by atoms with Crippen LogP contribution in [0.3, 0.4) is 0 Å². The molecule has 0 amide bonds. The summed E-state index contributed by atoms with van der Waals surface area (Å²) >= 11 is 0. The van der Waals surface area contributed by atoms with Crippen molar-refractivity contribution in [1.82, 2.24) is 0 Å². The maximum Gasteiger partial charge on any atom is 0.306 e. The molecule has 62 heavy (non-hydrogen) atoms. The van der Waals surface area contributed by atoms with E-state index < -0.39 is 26.5 Å². The normalized spacial score (nSPS) is 13.3. The van der Waals surface area contributed by atoms with Gasteiger partial charge in [-0.25, -0.2) is 0 Å². The van der Waals surface area contributed by atoms with Crippen LogP contribution < -0.4 is 4.89 Å². The summed E-state index contributed by atoms with van der Waals surface area (Å²) < 4.78 is 34.1. The first-order chi connectivity index (χ1) is 30.0. The van der Waals surface area contributed by atoms with Gasteiger partial charge in [-0.1, -0.05) is 245 Å². The average Bonchev–Trinajstić information content (AvgIpc) is 3.23. The molecule has 0 bridgehead atoms. The number of hydrogen-bond acceptors (Lipinski definition) is 8. The first-order valence-corrected chi connectivity index (χ1v) is 28.2. The molecule has 9 nitrogen and oxygen atoms in total. The number of nitrogens with zero attached hydrogens (tertiary/aromatic N) is 1. The van der Waals surface area contributed by atoms with Crippen LogP contribution in [-0.2, 0) is 32.7 Å². The maximum atomic E-state index is 12.8. The van der Waals surface area contributed by atoms with Gasteiger partial charge >= 0.3 is 11.9 Å². The van der Waals surface area contributed by atoms with Gasteiger partial charge in [0.2, 0.25) is 0 Å². The highest BCUT2D eigenvalue weighted by molar-refractivity contribution is 7.45. The quantitative estimate of drug-likeness (QED) is 0.0257. The summed E-state index contributed by atoms with van der Waals surface area (Å²) in [7, 11) is 1.19. The van der Waals surface area contributed by atoms with Crippen LogP contribution >= 0.6 is 7.82 Å². The number of phosphoric ester groups is 1. The van der Waals surface area contributed by atoms with E-state index in [2.05, 4.69) is 13.8 Å². The third-order valence-electron chi connectivity index (χ3n) is 12.1. The zero-order valence-electron chi connectivity index (χ0n) is 41.9. The average molecular weight is 902 g/mol. The van der Waals surface area contributed by atoms with E-state index in [1.165, 1.54) is 205 Å². The number of phosphoric acid groups is 1. The van der Waals surface area contributed by atoms with Gasteiger partial charge < -0.3 is 27.9 Å². The molecule has 0 N–H and O–H groups in total. The summed E-state index contributed by atoms with van der Waals surface area (Å²) in [5, 5.41) is 0. The van der Waals surface area contributed by atoms with E-state index in [0.717, 1.165) is 32.1 Å². The minimum atomic E-state index is -4.62. The van der Waals surface area contributed by atoms with Crippen molar-refractivity contribution < 1.29 is 42.1 Å². The minimum absolute atomic E-state index is 0.0252. The van der Waals surface area contributed by atoms with Gasteiger partial charge in [-0.2, -0.15) is 0 Å². The molecule has 0 fully saturated rings. The van der Waals surface area contributed by atoms with Gasteiger partial charge in [-0.15, -0.1) is 0 Å². The number of hydrogen-bond donors (Lipinski definition) is 0. The Hall–Kier alpha value is -0.990. The number of carbonyl (C=O) groups excluding carboxylic acids is 2. The first kappa shape index (κ1) is 61.0. The van der Waals surface area contributed by atoms with Crippen LogP contribution in [0.4, 0.5) is 0 Å². The minimum Gasteiger partial charge on any atom is -0.756 e. The van der Waals surface area contributed by atoms with E-state index >= 15 is 0 Å². The second-order valence-corrected chi connectivity index (χ2v) is 21.0. The smallest absolute Gasteiger partial charge is 0.306 e. The number of quaternary nitrogens is 1. The molecule has 0 aromatic carbocycles. The molecular formula is C52H104NO8P. The molecule has 0 saturated carbocycles. The maximum absolute atomic E-state index is 12.8. The lowest BCUT2D eigenvalue weighted by molar-refractivity contribution is -0.870. The van der Waals surface area contributed by atoms with Gasteiger partial charge in [0, 0.05) is 12.8 Å². The van der Waals surface area contributed by atoms with E-state index in [1.807, 2.05) is 21.1 Å². The number of carbonyl (C=O) groups is 2. The Kier molecular flexibility index (Phi) is 44.5. The fourth-order valence-electron chi connectivity index (χ4n) is 7.95. The molecule has 0 spiro atoms. The SMILES string of the molecule is CCCCCCCCCCCCCCCCCCCCCCC(=O)O[C@H](COC(=O)CCCCCCCCCCCCCCCCCCCC)COP(=O)([O-])OCC[N+](C)(C)C. The Balaban J connectivity index is 4.17. The van der Waals surface area contributed by atoms with Crippen LogP contribution in [0.5, 0.6) is 0 Å². The van der Waals surface area contributed by atoms with Gasteiger partial charge in [-0.05, 0) is 12.8 Å². The standard InChI is InChI=1S/C52H104NO8P/c1-6-8-10-12-14-16-18-20-22-24-26-27-29-31-33-35-37-39-41-43-45-52(55)61-50(49-60-62(56,57)59-47-46-53(3,4)5)48-58-51(54)44-42-40-38-36-34-32-30-28-25-23-21-19-17-15-13-11-9-7-2/h50H,6-49H2,1-5H3/t50-/m1/s1. The predicted octanol–water partition coefficient (Wildman–Crippen LogP) is 15.3. The highest BCUT2D eigenvalue weighted by atomic mass is 31.2. The Morgan fingerprint density at radius 1 is 0.435 bits per heavy atom. The Morgan fingerprint density at radius 3 is 1.03 bits per heavy atom. The first-order valence-electron chi connectivity index (χ1n) is 26.7. The molecule has 0 radical (unpaired) electrons. The molecule has 0 aromatic rings. The molecule has 2 atom stereocenters. The number of unbranched alkanes of at least 4 members (excludes halogenated alkanes) is 36. The van der Waals surface area contributed by atoms with Gasteiger partial charge in [0.05, 0.1) is 27.7 Å². The molecule has 370 valence electrons. The zero-order chi connectivity index (χ0) is 45.7. The molecule has 0 rings (SSSR count). The fraction of sp³-hybridized carbons (Fsp3) is 0.962.